The van der Waals surface area contributed by atoms with Crippen molar-refractivity contribution in [1.29, 1.82) is 0 Å². The Hall–Kier alpha value is -3.61. The Bertz CT molecular complexity index is 905. The predicted molar refractivity (Wildman–Crippen MR) is 101 cm³/mol. The highest BCUT2D eigenvalue weighted by atomic mass is 16.2. The van der Waals surface area contributed by atoms with E-state index >= 15 is 0 Å². The first-order valence-corrected chi connectivity index (χ1v) is 8.10. The van der Waals surface area contributed by atoms with Crippen molar-refractivity contribution in [3.8, 4) is 0 Å². The molecule has 3 N–H and O–H groups in total. The first-order chi connectivity index (χ1) is 12.6. The van der Waals surface area contributed by atoms with Gasteiger partial charge < -0.3 is 16.0 Å². The third-order valence-electron chi connectivity index (χ3n) is 3.52. The molecule has 0 saturated carbocycles. The van der Waals surface area contributed by atoms with Crippen molar-refractivity contribution in [2.45, 2.75) is 13.5 Å². The number of nitrogens with zero attached hydrogens (tertiary/aromatic N) is 2. The van der Waals surface area contributed by atoms with Crippen LogP contribution in [0.25, 0.3) is 0 Å². The van der Waals surface area contributed by atoms with Crippen molar-refractivity contribution in [2.24, 2.45) is 0 Å². The van der Waals surface area contributed by atoms with Crippen molar-refractivity contribution in [1.82, 2.24) is 9.78 Å². The number of urea groups is 1. The van der Waals surface area contributed by atoms with Crippen LogP contribution in [0, 0.1) is 0 Å². The van der Waals surface area contributed by atoms with Gasteiger partial charge in [0.15, 0.2) is 0 Å². The van der Waals surface area contributed by atoms with Crippen molar-refractivity contribution in [3.05, 3.63) is 72.6 Å². The molecule has 0 saturated heterocycles. The lowest BCUT2D eigenvalue weighted by molar-refractivity contribution is -0.114. The molecule has 0 spiro atoms. The van der Waals surface area contributed by atoms with Gasteiger partial charge in [-0.2, -0.15) is 5.10 Å². The van der Waals surface area contributed by atoms with Gasteiger partial charge in [0.1, 0.15) is 0 Å². The molecule has 0 aliphatic rings. The van der Waals surface area contributed by atoms with Crippen LogP contribution in [0.4, 0.5) is 21.9 Å². The number of carbonyl (C=O) groups is 2. The SMILES string of the molecule is CC(=O)Nc1cccc(NC(=O)Nc2cnn(Cc3ccccc3)c2)c1. The summed E-state index contributed by atoms with van der Waals surface area (Å²) in [7, 11) is 0. The van der Waals surface area contributed by atoms with Gasteiger partial charge in [-0.25, -0.2) is 4.79 Å². The highest BCUT2D eigenvalue weighted by Gasteiger charge is 2.06. The van der Waals surface area contributed by atoms with Crippen molar-refractivity contribution in [3.63, 3.8) is 0 Å². The summed E-state index contributed by atoms with van der Waals surface area (Å²) >= 11 is 0. The van der Waals surface area contributed by atoms with Crippen molar-refractivity contribution < 1.29 is 9.59 Å². The van der Waals surface area contributed by atoms with E-state index in [1.807, 2.05) is 30.3 Å². The zero-order chi connectivity index (χ0) is 18.4. The molecule has 0 radical (unpaired) electrons. The van der Waals surface area contributed by atoms with Gasteiger partial charge in [-0.15, -0.1) is 0 Å². The number of rotatable bonds is 5. The van der Waals surface area contributed by atoms with E-state index in [0.717, 1.165) is 5.56 Å². The molecule has 1 aromatic heterocycles. The average molecular weight is 349 g/mol. The molecule has 0 aliphatic heterocycles. The fraction of sp³-hybridized carbons (Fsp3) is 0.105. The van der Waals surface area contributed by atoms with Crippen LogP contribution in [0.1, 0.15) is 12.5 Å². The van der Waals surface area contributed by atoms with Crippen LogP contribution in [0.15, 0.2) is 67.0 Å². The lowest BCUT2D eigenvalue weighted by Gasteiger charge is -2.08. The van der Waals surface area contributed by atoms with E-state index in [0.29, 0.717) is 23.6 Å². The number of aromatic nitrogens is 2. The average Bonchev–Trinajstić information content (AvgIpc) is 3.02. The minimum Gasteiger partial charge on any atom is -0.326 e. The van der Waals surface area contributed by atoms with Gasteiger partial charge in [0.25, 0.3) is 0 Å². The zero-order valence-corrected chi connectivity index (χ0v) is 14.3. The second kappa shape index (κ2) is 7.98. The van der Waals surface area contributed by atoms with E-state index in [4.69, 9.17) is 0 Å². The molecule has 0 aliphatic carbocycles. The Morgan fingerprint density at radius 3 is 2.35 bits per heavy atom. The van der Waals surface area contributed by atoms with Crippen LogP contribution in [-0.2, 0) is 11.3 Å². The normalized spacial score (nSPS) is 10.2. The molecule has 7 nitrogen and oxygen atoms in total. The van der Waals surface area contributed by atoms with E-state index in [-0.39, 0.29) is 11.9 Å². The number of hydrogen-bond donors (Lipinski definition) is 3. The van der Waals surface area contributed by atoms with E-state index < -0.39 is 0 Å². The second-order valence-corrected chi connectivity index (χ2v) is 5.75. The number of benzene rings is 2. The maximum atomic E-state index is 12.1. The molecule has 3 rings (SSSR count). The fourth-order valence-corrected chi connectivity index (χ4v) is 2.46. The van der Waals surface area contributed by atoms with Crippen LogP contribution >= 0.6 is 0 Å². The largest absolute Gasteiger partial charge is 0.326 e. The third-order valence-corrected chi connectivity index (χ3v) is 3.52. The molecule has 0 atom stereocenters. The smallest absolute Gasteiger partial charge is 0.323 e. The lowest BCUT2D eigenvalue weighted by atomic mass is 10.2. The van der Waals surface area contributed by atoms with E-state index in [1.54, 1.807) is 41.3 Å². The Kier molecular flexibility index (Phi) is 5.28. The molecule has 3 aromatic rings. The van der Waals surface area contributed by atoms with Gasteiger partial charge in [0, 0.05) is 24.5 Å². The van der Waals surface area contributed by atoms with Gasteiger partial charge in [-0.3, -0.25) is 9.48 Å². The summed E-state index contributed by atoms with van der Waals surface area (Å²) in [6, 6.07) is 16.5. The summed E-state index contributed by atoms with van der Waals surface area (Å²) in [4.78, 5) is 23.2. The number of carbonyl (C=O) groups excluding carboxylic acids is 2. The molecule has 26 heavy (non-hydrogen) atoms. The van der Waals surface area contributed by atoms with Gasteiger partial charge in [-0.1, -0.05) is 36.4 Å². The molecule has 0 unspecified atom stereocenters. The molecule has 1 heterocycles. The number of anilines is 3. The Labute approximate surface area is 151 Å². The molecule has 0 bridgehead atoms. The van der Waals surface area contributed by atoms with Crippen molar-refractivity contribution in [2.75, 3.05) is 16.0 Å². The first kappa shape index (κ1) is 17.2. The van der Waals surface area contributed by atoms with Crippen LogP contribution in [0.5, 0.6) is 0 Å². The first-order valence-electron chi connectivity index (χ1n) is 8.10. The van der Waals surface area contributed by atoms with Crippen LogP contribution in [-0.4, -0.2) is 21.7 Å². The molecule has 2 aromatic carbocycles. The maximum Gasteiger partial charge on any atom is 0.323 e. The number of hydrogen-bond acceptors (Lipinski definition) is 3. The van der Waals surface area contributed by atoms with E-state index in [2.05, 4.69) is 21.0 Å². The molecule has 132 valence electrons. The number of nitrogens with one attached hydrogen (secondary N) is 3. The Balaban J connectivity index is 1.58. The third kappa shape index (κ3) is 4.94. The second-order valence-electron chi connectivity index (χ2n) is 5.75. The summed E-state index contributed by atoms with van der Waals surface area (Å²) in [5.74, 6) is -0.169. The quantitative estimate of drug-likeness (QED) is 0.658. The van der Waals surface area contributed by atoms with Gasteiger partial charge in [0.05, 0.1) is 18.4 Å². The Morgan fingerprint density at radius 1 is 0.923 bits per heavy atom. The van der Waals surface area contributed by atoms with Gasteiger partial charge in [-0.05, 0) is 23.8 Å². The van der Waals surface area contributed by atoms with Crippen LogP contribution in [0.2, 0.25) is 0 Å². The minimum atomic E-state index is -0.385. The lowest BCUT2D eigenvalue weighted by Crippen LogP contribution is -2.19. The summed E-state index contributed by atoms with van der Waals surface area (Å²) in [6.07, 6.45) is 3.36. The fourth-order valence-electron chi connectivity index (χ4n) is 2.46. The molecule has 0 fully saturated rings. The highest BCUT2D eigenvalue weighted by molar-refractivity contribution is 6.00. The highest BCUT2D eigenvalue weighted by Crippen LogP contribution is 2.16. The maximum absolute atomic E-state index is 12.1. The van der Waals surface area contributed by atoms with E-state index in [9.17, 15) is 9.59 Å². The predicted octanol–water partition coefficient (Wildman–Crippen LogP) is 3.53. The standard InChI is InChI=1S/C19H19N5O2/c1-14(25)21-16-8-5-9-17(10-16)22-19(26)23-18-11-20-24(13-18)12-15-6-3-2-4-7-15/h2-11,13H,12H2,1H3,(H,21,25)(H2,22,23,26). The Morgan fingerprint density at radius 2 is 1.62 bits per heavy atom. The molecule has 7 heteroatoms. The zero-order valence-electron chi connectivity index (χ0n) is 14.3. The summed E-state index contributed by atoms with van der Waals surface area (Å²) < 4.78 is 1.75. The van der Waals surface area contributed by atoms with Crippen LogP contribution < -0.4 is 16.0 Å². The summed E-state index contributed by atoms with van der Waals surface area (Å²) in [6.45, 7) is 2.06. The summed E-state index contributed by atoms with van der Waals surface area (Å²) in [5, 5.41) is 12.4. The summed E-state index contributed by atoms with van der Waals surface area (Å²) in [5.41, 5.74) is 2.91. The number of amides is 3. The molecular formula is C19H19N5O2. The molecular weight excluding hydrogens is 330 g/mol. The van der Waals surface area contributed by atoms with Gasteiger partial charge in [0.2, 0.25) is 5.91 Å². The molecule has 3 amide bonds. The monoisotopic (exact) mass is 349 g/mol. The van der Waals surface area contributed by atoms with E-state index in [1.165, 1.54) is 6.92 Å². The topological polar surface area (TPSA) is 88.1 Å². The van der Waals surface area contributed by atoms with Gasteiger partial charge >= 0.3 is 6.03 Å². The minimum absolute atomic E-state index is 0.169. The van der Waals surface area contributed by atoms with Crippen LogP contribution in [0.3, 0.4) is 0 Å². The van der Waals surface area contributed by atoms with Crippen molar-refractivity contribution >= 4 is 29.0 Å².